The molecule has 0 aliphatic heterocycles. The first-order valence-electron chi connectivity index (χ1n) is 4.67. The lowest BCUT2D eigenvalue weighted by Crippen LogP contribution is -2.08. The number of allylic oxidation sites excluding steroid dienone is 4. The molecule has 15 heavy (non-hydrogen) atoms. The number of nitrogens with zero attached hydrogens (tertiary/aromatic N) is 2. The molecule has 0 aromatic heterocycles. The summed E-state index contributed by atoms with van der Waals surface area (Å²) in [7, 11) is 0. The molecule has 0 bridgehead atoms. The van der Waals surface area contributed by atoms with Crippen molar-refractivity contribution in [3.05, 3.63) is 35.4 Å². The third-order valence-corrected chi connectivity index (χ3v) is 3.51. The van der Waals surface area contributed by atoms with Crippen LogP contribution in [0.2, 0.25) is 0 Å². The van der Waals surface area contributed by atoms with E-state index in [2.05, 4.69) is 29.9 Å². The highest BCUT2D eigenvalue weighted by atomic mass is 32.2. The van der Waals surface area contributed by atoms with Crippen LogP contribution in [-0.4, -0.2) is 22.6 Å². The summed E-state index contributed by atoms with van der Waals surface area (Å²) in [6.45, 7) is 5.99. The quantitative estimate of drug-likeness (QED) is 0.414. The molecule has 0 aromatic rings. The van der Waals surface area contributed by atoms with E-state index in [4.69, 9.17) is 0 Å². The van der Waals surface area contributed by atoms with E-state index in [1.54, 1.807) is 23.7 Å². The van der Waals surface area contributed by atoms with Gasteiger partial charge in [0, 0.05) is 6.26 Å². The summed E-state index contributed by atoms with van der Waals surface area (Å²) in [4.78, 5) is 0. The first-order valence-corrected chi connectivity index (χ1v) is 7.08. The molecule has 0 amide bonds. The van der Waals surface area contributed by atoms with Crippen LogP contribution in [0.1, 0.15) is 13.3 Å². The van der Waals surface area contributed by atoms with Gasteiger partial charge in [-0.25, -0.2) is 4.41 Å². The second-order valence-corrected chi connectivity index (χ2v) is 4.65. The highest BCUT2D eigenvalue weighted by Crippen LogP contribution is 2.23. The monoisotopic (exact) mass is 240 g/mol. The predicted molar refractivity (Wildman–Crippen MR) is 73.0 cm³/mol. The molecule has 1 rings (SSSR count). The number of rotatable bonds is 5. The zero-order valence-corrected chi connectivity index (χ0v) is 11.0. The lowest BCUT2D eigenvalue weighted by atomic mass is 10.1. The van der Waals surface area contributed by atoms with E-state index in [9.17, 15) is 0 Å². The molecule has 0 aromatic carbocycles. The first kappa shape index (κ1) is 12.5. The fraction of sp³-hybridized carbons (Fsp3) is 0.364. The van der Waals surface area contributed by atoms with Crippen molar-refractivity contribution in [2.24, 2.45) is 5.10 Å². The molecular weight excluding hydrogens is 224 g/mol. The lowest BCUT2D eigenvalue weighted by Gasteiger charge is -2.17. The van der Waals surface area contributed by atoms with Crippen LogP contribution < -0.4 is 0 Å². The molecule has 4 heteroatoms. The van der Waals surface area contributed by atoms with Gasteiger partial charge in [0.1, 0.15) is 0 Å². The second-order valence-electron chi connectivity index (χ2n) is 3.06. The molecule has 0 saturated carbocycles. The molecule has 0 spiro atoms. The predicted octanol–water partition coefficient (Wildman–Crippen LogP) is 3.66. The summed E-state index contributed by atoms with van der Waals surface area (Å²) in [5.41, 5.74) is 2.34. The van der Waals surface area contributed by atoms with Gasteiger partial charge < -0.3 is 0 Å². The van der Waals surface area contributed by atoms with Gasteiger partial charge in [0.05, 0.1) is 10.7 Å². The molecule has 0 fully saturated rings. The summed E-state index contributed by atoms with van der Waals surface area (Å²) in [5, 5.41) is 5.48. The average Bonchev–Trinajstić information content (AvgIpc) is 2.77. The molecule has 1 aliphatic rings. The molecular formula is C11H16N2S2. The largest absolute Gasteiger partial charge is 0.201 e. The van der Waals surface area contributed by atoms with Gasteiger partial charge in [-0.15, -0.1) is 11.8 Å². The zero-order chi connectivity index (χ0) is 11.3. The van der Waals surface area contributed by atoms with Gasteiger partial charge >= 0.3 is 0 Å². The van der Waals surface area contributed by atoms with Gasteiger partial charge in [-0.1, -0.05) is 24.8 Å². The zero-order valence-electron chi connectivity index (χ0n) is 9.36. The average molecular weight is 240 g/mol. The molecule has 1 aliphatic carbocycles. The SMILES string of the molecule is C=C(SC)N(/N=C(\C)C1=CC=CC1)SC. The van der Waals surface area contributed by atoms with E-state index in [1.165, 1.54) is 5.57 Å². The Balaban J connectivity index is 2.71. The van der Waals surface area contributed by atoms with E-state index < -0.39 is 0 Å². The molecule has 0 heterocycles. The van der Waals surface area contributed by atoms with Gasteiger partial charge in [0.25, 0.3) is 0 Å². The molecule has 0 radical (unpaired) electrons. The van der Waals surface area contributed by atoms with Crippen molar-refractivity contribution >= 4 is 29.4 Å². The molecule has 82 valence electrons. The Bertz CT molecular complexity index is 329. The van der Waals surface area contributed by atoms with Crippen LogP contribution in [0.25, 0.3) is 0 Å². The van der Waals surface area contributed by atoms with Gasteiger partial charge in [-0.05, 0) is 37.1 Å². The van der Waals surface area contributed by atoms with Crippen LogP contribution in [-0.2, 0) is 0 Å². The number of hydrazone groups is 1. The summed E-state index contributed by atoms with van der Waals surface area (Å²) in [6.07, 6.45) is 11.3. The van der Waals surface area contributed by atoms with Crippen molar-refractivity contribution in [2.75, 3.05) is 12.5 Å². The van der Waals surface area contributed by atoms with Crippen LogP contribution in [0.5, 0.6) is 0 Å². The summed E-state index contributed by atoms with van der Waals surface area (Å²) in [5.74, 6) is 0. The summed E-state index contributed by atoms with van der Waals surface area (Å²) < 4.78 is 1.86. The van der Waals surface area contributed by atoms with Gasteiger partial charge in [0.2, 0.25) is 0 Å². The summed E-state index contributed by atoms with van der Waals surface area (Å²) in [6, 6.07) is 0. The normalized spacial score (nSPS) is 15.4. The van der Waals surface area contributed by atoms with Crippen LogP contribution in [0.15, 0.2) is 40.5 Å². The van der Waals surface area contributed by atoms with Crippen molar-refractivity contribution in [1.82, 2.24) is 4.41 Å². The fourth-order valence-corrected chi connectivity index (χ4v) is 2.24. The molecule has 0 saturated heterocycles. The van der Waals surface area contributed by atoms with E-state index in [-0.39, 0.29) is 0 Å². The summed E-state index contributed by atoms with van der Waals surface area (Å²) >= 11 is 3.18. The Hall–Kier alpha value is -0.610. The number of hydrogen-bond donors (Lipinski definition) is 0. The number of thioether (sulfide) groups is 1. The first-order chi connectivity index (χ1) is 7.19. The lowest BCUT2D eigenvalue weighted by molar-refractivity contribution is 0.666. The van der Waals surface area contributed by atoms with Crippen molar-refractivity contribution in [1.29, 1.82) is 0 Å². The Morgan fingerprint density at radius 3 is 2.73 bits per heavy atom. The fourth-order valence-electron chi connectivity index (χ4n) is 1.19. The highest BCUT2D eigenvalue weighted by Gasteiger charge is 2.07. The van der Waals surface area contributed by atoms with E-state index in [0.29, 0.717) is 0 Å². The minimum Gasteiger partial charge on any atom is -0.201 e. The smallest absolute Gasteiger partial charge is 0.0978 e. The van der Waals surface area contributed by atoms with Crippen LogP contribution in [0.3, 0.4) is 0 Å². The van der Waals surface area contributed by atoms with Crippen molar-refractivity contribution in [3.63, 3.8) is 0 Å². The minimum absolute atomic E-state index is 0.952. The standard InChI is InChI=1S/C11H16N2S2/c1-9(11-7-5-6-8-11)12-13(15-4)10(2)14-3/h5-7H,2,8H2,1,3-4H3/b12-9+. The molecule has 0 atom stereocenters. The van der Waals surface area contributed by atoms with E-state index in [1.807, 2.05) is 23.8 Å². The van der Waals surface area contributed by atoms with Crippen LogP contribution in [0, 0.1) is 0 Å². The topological polar surface area (TPSA) is 15.6 Å². The van der Waals surface area contributed by atoms with Crippen molar-refractivity contribution < 1.29 is 0 Å². The van der Waals surface area contributed by atoms with E-state index >= 15 is 0 Å². The Morgan fingerprint density at radius 2 is 2.27 bits per heavy atom. The van der Waals surface area contributed by atoms with E-state index in [0.717, 1.165) is 17.2 Å². The Morgan fingerprint density at radius 1 is 1.53 bits per heavy atom. The maximum absolute atomic E-state index is 4.53. The third kappa shape index (κ3) is 3.47. The molecule has 2 nitrogen and oxygen atoms in total. The van der Waals surface area contributed by atoms with Gasteiger partial charge in [0.15, 0.2) is 0 Å². The second kappa shape index (κ2) is 6.08. The van der Waals surface area contributed by atoms with Crippen molar-refractivity contribution in [2.45, 2.75) is 13.3 Å². The molecule has 0 unspecified atom stereocenters. The number of hydrogen-bond acceptors (Lipinski definition) is 4. The van der Waals surface area contributed by atoms with Gasteiger partial charge in [-0.3, -0.25) is 0 Å². The van der Waals surface area contributed by atoms with Crippen LogP contribution in [0.4, 0.5) is 0 Å². The maximum atomic E-state index is 4.53. The van der Waals surface area contributed by atoms with Crippen LogP contribution >= 0.6 is 23.7 Å². The molecule has 0 N–H and O–H groups in total. The van der Waals surface area contributed by atoms with Crippen molar-refractivity contribution in [3.8, 4) is 0 Å². The third-order valence-electron chi connectivity index (χ3n) is 2.10. The maximum Gasteiger partial charge on any atom is 0.0978 e. The Labute approximate surface area is 100 Å². The minimum atomic E-state index is 0.952. The highest BCUT2D eigenvalue weighted by molar-refractivity contribution is 8.04. The Kier molecular flexibility index (Phi) is 5.05. The van der Waals surface area contributed by atoms with Gasteiger partial charge in [-0.2, -0.15) is 5.10 Å².